The van der Waals surface area contributed by atoms with Gasteiger partial charge in [0.15, 0.2) is 0 Å². The number of rotatable bonds is 4. The van der Waals surface area contributed by atoms with E-state index in [1.54, 1.807) is 7.11 Å². The van der Waals surface area contributed by atoms with Gasteiger partial charge in [0.05, 0.1) is 30.5 Å². The highest BCUT2D eigenvalue weighted by atomic mass is 16.5. The Balaban J connectivity index is 1.75. The molecule has 5 aliphatic rings. The van der Waals surface area contributed by atoms with E-state index in [1.165, 1.54) is 5.57 Å². The Bertz CT molecular complexity index is 699. The molecule has 1 aliphatic heterocycles. The molecule has 6 nitrogen and oxygen atoms in total. The van der Waals surface area contributed by atoms with Gasteiger partial charge in [-0.1, -0.05) is 11.6 Å². The van der Waals surface area contributed by atoms with Crippen molar-refractivity contribution in [3.8, 4) is 0 Å². The molecule has 0 aromatic rings. The van der Waals surface area contributed by atoms with Crippen LogP contribution in [0.1, 0.15) is 32.1 Å². The average molecular weight is 408 g/mol. The van der Waals surface area contributed by atoms with Crippen molar-refractivity contribution < 1.29 is 24.4 Å². The Kier molecular flexibility index (Phi) is 4.75. The van der Waals surface area contributed by atoms with Crippen molar-refractivity contribution in [3.05, 3.63) is 11.6 Å². The summed E-state index contributed by atoms with van der Waals surface area (Å²) in [6.07, 6.45) is 5.87. The summed E-state index contributed by atoms with van der Waals surface area (Å²) in [5.41, 5.74) is 0.120. The number of hydrogen-bond donors (Lipinski definition) is 2. The third kappa shape index (κ3) is 2.50. The summed E-state index contributed by atoms with van der Waals surface area (Å²) in [7, 11) is 7.66. The van der Waals surface area contributed by atoms with Gasteiger partial charge in [0.25, 0.3) is 0 Å². The van der Waals surface area contributed by atoms with Crippen molar-refractivity contribution in [2.24, 2.45) is 28.6 Å². The molecule has 0 spiro atoms. The van der Waals surface area contributed by atoms with Crippen molar-refractivity contribution in [1.82, 2.24) is 4.90 Å². The molecular weight excluding hydrogens is 370 g/mol. The molecular formula is C23H37NO5. The topological polar surface area (TPSA) is 71.4 Å². The molecule has 5 rings (SSSR count). The zero-order valence-corrected chi connectivity index (χ0v) is 18.3. The smallest absolute Gasteiger partial charge is 0.0917 e. The van der Waals surface area contributed by atoms with E-state index in [4.69, 9.17) is 14.2 Å². The molecule has 0 unspecified atom stereocenters. The minimum absolute atomic E-state index is 0.00102. The first-order valence-corrected chi connectivity index (χ1v) is 11.2. The predicted molar refractivity (Wildman–Crippen MR) is 108 cm³/mol. The number of hydrogen-bond acceptors (Lipinski definition) is 6. The maximum Gasteiger partial charge on any atom is 0.0917 e. The number of aliphatic hydroxyl groups is 2. The molecule has 9 atom stereocenters. The van der Waals surface area contributed by atoms with Crippen molar-refractivity contribution in [3.63, 3.8) is 0 Å². The van der Waals surface area contributed by atoms with Crippen LogP contribution in [0.4, 0.5) is 0 Å². The molecule has 4 bridgehead atoms. The number of aliphatic hydroxyl groups excluding tert-OH is 1. The van der Waals surface area contributed by atoms with Gasteiger partial charge in [0.1, 0.15) is 0 Å². The van der Waals surface area contributed by atoms with Crippen LogP contribution in [0.25, 0.3) is 0 Å². The Hall–Kier alpha value is -0.500. The maximum absolute atomic E-state index is 11.3. The lowest BCUT2D eigenvalue weighted by Gasteiger charge is -2.66. The molecule has 0 aromatic heterocycles. The fraction of sp³-hybridized carbons (Fsp3) is 0.913. The summed E-state index contributed by atoms with van der Waals surface area (Å²) in [5.74, 6) is 0.428. The minimum Gasteiger partial charge on any atom is -0.389 e. The molecule has 6 heteroatoms. The molecule has 29 heavy (non-hydrogen) atoms. The van der Waals surface area contributed by atoms with Crippen molar-refractivity contribution in [1.29, 1.82) is 0 Å². The Morgan fingerprint density at radius 2 is 1.97 bits per heavy atom. The lowest BCUT2D eigenvalue weighted by Crippen LogP contribution is -2.71. The summed E-state index contributed by atoms with van der Waals surface area (Å²) >= 11 is 0. The van der Waals surface area contributed by atoms with Crippen LogP contribution in [0.15, 0.2) is 11.6 Å². The zero-order valence-electron chi connectivity index (χ0n) is 18.3. The van der Waals surface area contributed by atoms with Crippen LogP contribution in [0.3, 0.4) is 0 Å². The number of piperidine rings is 1. The zero-order chi connectivity index (χ0) is 20.6. The van der Waals surface area contributed by atoms with Crippen molar-refractivity contribution in [2.75, 3.05) is 48.1 Å². The second-order valence-electron chi connectivity index (χ2n) is 10.6. The molecule has 1 saturated heterocycles. The third-order valence-corrected chi connectivity index (χ3v) is 9.43. The average Bonchev–Trinajstić information content (AvgIpc) is 2.79. The second-order valence-corrected chi connectivity index (χ2v) is 10.6. The lowest BCUT2D eigenvalue weighted by molar-refractivity contribution is -0.242. The number of ether oxygens (including phenoxy) is 3. The van der Waals surface area contributed by atoms with Crippen LogP contribution in [0.5, 0.6) is 0 Å². The summed E-state index contributed by atoms with van der Waals surface area (Å²) in [6.45, 7) is 2.59. The third-order valence-electron chi connectivity index (χ3n) is 9.43. The quantitative estimate of drug-likeness (QED) is 0.688. The van der Waals surface area contributed by atoms with Crippen LogP contribution in [0, 0.1) is 28.6 Å². The highest BCUT2D eigenvalue weighted by Gasteiger charge is 2.72. The van der Waals surface area contributed by atoms with Crippen LogP contribution in [-0.4, -0.2) is 87.1 Å². The molecule has 0 radical (unpaired) electrons. The first-order valence-electron chi connectivity index (χ1n) is 11.2. The predicted octanol–water partition coefficient (Wildman–Crippen LogP) is 1.45. The van der Waals surface area contributed by atoms with E-state index in [2.05, 4.69) is 18.0 Å². The Morgan fingerprint density at radius 3 is 2.66 bits per heavy atom. The van der Waals surface area contributed by atoms with Crippen molar-refractivity contribution >= 4 is 0 Å². The van der Waals surface area contributed by atoms with Crippen LogP contribution >= 0.6 is 0 Å². The van der Waals surface area contributed by atoms with E-state index < -0.39 is 11.7 Å². The van der Waals surface area contributed by atoms with E-state index in [0.717, 1.165) is 32.4 Å². The second kappa shape index (κ2) is 6.75. The highest BCUT2D eigenvalue weighted by molar-refractivity contribution is 5.33. The molecule has 1 heterocycles. The number of methoxy groups -OCH3 is 3. The van der Waals surface area contributed by atoms with Gasteiger partial charge >= 0.3 is 0 Å². The van der Waals surface area contributed by atoms with Gasteiger partial charge in [-0.2, -0.15) is 0 Å². The SMILES string of the molecule is COC[C@]12CC[C@H](OC)[C@@]3(CN(C)C1)[C@@H]1C[C@]4(O)CCC(=C[C@H](OC)[C@H]23)[C@H]1[C@H]4O. The molecule has 4 fully saturated rings. The molecule has 0 aromatic carbocycles. The van der Waals surface area contributed by atoms with Gasteiger partial charge < -0.3 is 29.3 Å². The van der Waals surface area contributed by atoms with E-state index in [-0.39, 0.29) is 40.8 Å². The first kappa shape index (κ1) is 20.4. The van der Waals surface area contributed by atoms with E-state index in [0.29, 0.717) is 19.4 Å². The molecule has 2 N–H and O–H groups in total. The Labute approximate surface area is 174 Å². The van der Waals surface area contributed by atoms with Gasteiger partial charge in [-0.25, -0.2) is 0 Å². The van der Waals surface area contributed by atoms with Crippen molar-refractivity contribution in [2.45, 2.75) is 56.0 Å². The molecule has 4 aliphatic carbocycles. The highest BCUT2D eigenvalue weighted by Crippen LogP contribution is 2.69. The standard InChI is InChI=1S/C23H37NO5/c1-24-11-21(13-27-2)7-6-17(29-4)23(12-24)15-10-22(26)8-5-14(18(15)20(22)25)9-16(28-3)19(21)23/h9,15-20,25-26H,5-8,10-13H2,1-4H3/t15-,16+,17+,18-,19-,20-,21+,22-,23-/m1/s1. The monoisotopic (exact) mass is 407 g/mol. The summed E-state index contributed by atoms with van der Waals surface area (Å²) < 4.78 is 18.2. The molecule has 0 amide bonds. The van der Waals surface area contributed by atoms with Gasteiger partial charge in [-0.3, -0.25) is 0 Å². The lowest BCUT2D eigenvalue weighted by atomic mass is 9.45. The summed E-state index contributed by atoms with van der Waals surface area (Å²) in [6, 6.07) is 0. The number of fused-ring (bicyclic) bond motifs is 1. The Morgan fingerprint density at radius 1 is 1.17 bits per heavy atom. The van der Waals surface area contributed by atoms with Gasteiger partial charge in [0.2, 0.25) is 0 Å². The van der Waals surface area contributed by atoms with E-state index >= 15 is 0 Å². The number of likely N-dealkylation sites (tertiary alicyclic amines) is 1. The fourth-order valence-electron chi connectivity index (χ4n) is 8.78. The minimum atomic E-state index is -0.971. The maximum atomic E-state index is 11.3. The van der Waals surface area contributed by atoms with E-state index in [9.17, 15) is 10.2 Å². The van der Waals surface area contributed by atoms with Crippen LogP contribution in [0.2, 0.25) is 0 Å². The molecule has 3 saturated carbocycles. The van der Waals surface area contributed by atoms with Crippen LogP contribution < -0.4 is 0 Å². The van der Waals surface area contributed by atoms with Gasteiger partial charge in [-0.15, -0.1) is 0 Å². The summed E-state index contributed by atoms with van der Waals surface area (Å²) in [4.78, 5) is 2.44. The summed E-state index contributed by atoms with van der Waals surface area (Å²) in [5, 5.41) is 22.6. The van der Waals surface area contributed by atoms with Gasteiger partial charge in [0, 0.05) is 57.1 Å². The number of nitrogens with zero attached hydrogens (tertiary/aromatic N) is 1. The van der Waals surface area contributed by atoms with Gasteiger partial charge in [-0.05, 0) is 45.1 Å². The van der Waals surface area contributed by atoms with Crippen LogP contribution in [-0.2, 0) is 14.2 Å². The first-order chi connectivity index (χ1) is 13.8. The largest absolute Gasteiger partial charge is 0.389 e. The molecule has 164 valence electrons. The van der Waals surface area contributed by atoms with E-state index in [1.807, 2.05) is 14.2 Å². The fourth-order valence-corrected chi connectivity index (χ4v) is 8.78. The normalized spacial score (nSPS) is 53.9.